The normalized spacial score (nSPS) is 16.2. The summed E-state index contributed by atoms with van der Waals surface area (Å²) in [7, 11) is 0. The molecule has 2 heteroatoms. The zero-order valence-electron chi connectivity index (χ0n) is 14.7. The van der Waals surface area contributed by atoms with Crippen LogP contribution in [0.25, 0.3) is 11.1 Å². The number of benzene rings is 2. The van der Waals surface area contributed by atoms with Crippen molar-refractivity contribution in [3.05, 3.63) is 54.7 Å². The second-order valence-corrected chi connectivity index (χ2v) is 11.1. The highest BCUT2D eigenvalue weighted by Gasteiger charge is 2.57. The maximum absolute atomic E-state index is 2.45. The van der Waals surface area contributed by atoms with Crippen LogP contribution in [0.5, 0.6) is 0 Å². The minimum atomic E-state index is 0.00697. The van der Waals surface area contributed by atoms with E-state index in [-0.39, 0.29) is 16.2 Å². The molecule has 23 heavy (non-hydrogen) atoms. The van der Waals surface area contributed by atoms with Crippen molar-refractivity contribution in [2.75, 3.05) is 0 Å². The molecule has 0 unspecified atom stereocenters. The predicted molar refractivity (Wildman–Crippen MR) is 117 cm³/mol. The average Bonchev–Trinajstić information content (AvgIpc) is 2.66. The molecule has 0 bridgehead atoms. The van der Waals surface area contributed by atoms with E-state index in [1.54, 1.807) is 0 Å². The van der Waals surface area contributed by atoms with E-state index in [0.717, 1.165) is 0 Å². The molecule has 0 atom stereocenters. The monoisotopic (exact) mass is 530 g/mol. The Hall–Kier alpha value is -0.100. The molecular formula is C21H24I2. The molecule has 0 radical (unpaired) electrons. The smallest absolute Gasteiger partial charge is 0.0312 e. The zero-order valence-corrected chi connectivity index (χ0v) is 19.0. The van der Waals surface area contributed by atoms with E-state index in [9.17, 15) is 0 Å². The molecule has 0 spiro atoms. The van der Waals surface area contributed by atoms with E-state index in [0.29, 0.717) is 0 Å². The Labute approximate surface area is 167 Å². The van der Waals surface area contributed by atoms with Crippen LogP contribution in [0, 0.1) is 18.0 Å². The molecular weight excluding hydrogens is 506 g/mol. The van der Waals surface area contributed by atoms with Gasteiger partial charge in [0.2, 0.25) is 0 Å². The first-order valence-electron chi connectivity index (χ1n) is 8.10. The van der Waals surface area contributed by atoms with Gasteiger partial charge < -0.3 is 0 Å². The first-order valence-corrected chi connectivity index (χ1v) is 10.3. The first kappa shape index (κ1) is 17.7. The van der Waals surface area contributed by atoms with Crippen LogP contribution in [0.1, 0.15) is 52.7 Å². The quantitative estimate of drug-likeness (QED) is 0.315. The van der Waals surface area contributed by atoms with Crippen molar-refractivity contribution < 1.29 is 0 Å². The largest absolute Gasteiger partial charge is 0.0590 e. The molecule has 1 aliphatic carbocycles. The van der Waals surface area contributed by atoms with Crippen LogP contribution >= 0.6 is 45.2 Å². The lowest BCUT2D eigenvalue weighted by atomic mass is 9.50. The van der Waals surface area contributed by atoms with E-state index >= 15 is 0 Å². The molecule has 0 saturated heterocycles. The molecule has 0 saturated carbocycles. The SMILES string of the molecule is CC(C)(C)C1(C(C)(C)C)c2cc(I)ccc2-c2ccc(I)cc21. The maximum Gasteiger partial charge on any atom is 0.0312 e. The van der Waals surface area contributed by atoms with Gasteiger partial charge in [-0.2, -0.15) is 0 Å². The predicted octanol–water partition coefficient (Wildman–Crippen LogP) is 7.25. The van der Waals surface area contributed by atoms with Crippen LogP contribution < -0.4 is 0 Å². The second kappa shape index (κ2) is 5.45. The van der Waals surface area contributed by atoms with E-state index in [2.05, 4.69) is 123 Å². The Morgan fingerprint density at radius 2 is 1.00 bits per heavy atom. The van der Waals surface area contributed by atoms with Crippen LogP contribution in [0.3, 0.4) is 0 Å². The van der Waals surface area contributed by atoms with Gasteiger partial charge in [-0.15, -0.1) is 0 Å². The highest BCUT2D eigenvalue weighted by molar-refractivity contribution is 14.1. The summed E-state index contributed by atoms with van der Waals surface area (Å²) in [6, 6.07) is 14.0. The standard InChI is InChI=1S/C21H24I2/c1-19(2,3)21(20(4,5)6)17-11-13(22)7-9-15(17)16-10-8-14(23)12-18(16)21/h7-12H,1-6H3. The lowest BCUT2D eigenvalue weighted by Crippen LogP contribution is -2.50. The summed E-state index contributed by atoms with van der Waals surface area (Å²) in [6.45, 7) is 14.4. The first-order chi connectivity index (χ1) is 10.5. The fourth-order valence-corrected chi connectivity index (χ4v) is 5.99. The van der Waals surface area contributed by atoms with Crippen LogP contribution in [0.2, 0.25) is 0 Å². The van der Waals surface area contributed by atoms with Crippen molar-refractivity contribution in [1.82, 2.24) is 0 Å². The lowest BCUT2D eigenvalue weighted by Gasteiger charge is -2.53. The van der Waals surface area contributed by atoms with Gasteiger partial charge in [0.05, 0.1) is 0 Å². The fourth-order valence-electron chi connectivity index (χ4n) is 5.01. The molecule has 0 nitrogen and oxygen atoms in total. The number of rotatable bonds is 0. The molecule has 0 N–H and O–H groups in total. The Bertz CT molecular complexity index is 706. The summed E-state index contributed by atoms with van der Waals surface area (Å²) >= 11 is 4.90. The average molecular weight is 530 g/mol. The fraction of sp³-hybridized carbons (Fsp3) is 0.429. The zero-order chi connectivity index (χ0) is 17.2. The van der Waals surface area contributed by atoms with Crippen molar-refractivity contribution in [2.24, 2.45) is 10.8 Å². The summed E-state index contributed by atoms with van der Waals surface area (Å²) in [4.78, 5) is 0. The van der Waals surface area contributed by atoms with Gasteiger partial charge in [0, 0.05) is 12.6 Å². The van der Waals surface area contributed by atoms with E-state index in [1.807, 2.05) is 0 Å². The molecule has 1 aliphatic rings. The van der Waals surface area contributed by atoms with Gasteiger partial charge >= 0.3 is 0 Å². The Morgan fingerprint density at radius 1 is 0.652 bits per heavy atom. The summed E-state index contributed by atoms with van der Waals surface area (Å²) in [6.07, 6.45) is 0. The third-order valence-corrected chi connectivity index (χ3v) is 6.65. The van der Waals surface area contributed by atoms with Gasteiger partial charge in [-0.05, 0) is 103 Å². The highest BCUT2D eigenvalue weighted by atomic mass is 127. The van der Waals surface area contributed by atoms with Gasteiger partial charge in [-0.1, -0.05) is 53.7 Å². The molecule has 0 heterocycles. The molecule has 0 amide bonds. The molecule has 0 aromatic heterocycles. The van der Waals surface area contributed by atoms with Gasteiger partial charge in [-0.25, -0.2) is 0 Å². The van der Waals surface area contributed by atoms with Gasteiger partial charge in [-0.3, -0.25) is 0 Å². The molecule has 3 rings (SSSR count). The van der Waals surface area contributed by atoms with Crippen molar-refractivity contribution >= 4 is 45.2 Å². The Balaban J connectivity index is 2.54. The van der Waals surface area contributed by atoms with Gasteiger partial charge in [0.15, 0.2) is 0 Å². The number of hydrogen-bond donors (Lipinski definition) is 0. The number of hydrogen-bond acceptors (Lipinski definition) is 0. The number of halogens is 2. The molecule has 122 valence electrons. The van der Waals surface area contributed by atoms with Gasteiger partial charge in [0.25, 0.3) is 0 Å². The minimum Gasteiger partial charge on any atom is -0.0590 e. The third kappa shape index (κ3) is 2.42. The summed E-state index contributed by atoms with van der Waals surface area (Å²) in [5, 5.41) is 0. The molecule has 2 aromatic rings. The Morgan fingerprint density at radius 3 is 1.30 bits per heavy atom. The van der Waals surface area contributed by atoms with Crippen LogP contribution in [-0.2, 0) is 5.41 Å². The molecule has 0 aliphatic heterocycles. The summed E-state index contributed by atoms with van der Waals surface area (Å²) in [5.41, 5.74) is 6.10. The van der Waals surface area contributed by atoms with Crippen molar-refractivity contribution in [3.63, 3.8) is 0 Å². The van der Waals surface area contributed by atoms with E-state index in [1.165, 1.54) is 29.4 Å². The van der Waals surface area contributed by atoms with Crippen molar-refractivity contribution in [1.29, 1.82) is 0 Å². The van der Waals surface area contributed by atoms with Crippen LogP contribution in [-0.4, -0.2) is 0 Å². The second-order valence-electron chi connectivity index (χ2n) is 8.63. The van der Waals surface area contributed by atoms with E-state index in [4.69, 9.17) is 0 Å². The molecule has 0 fully saturated rings. The maximum atomic E-state index is 2.45. The Kier molecular flexibility index (Phi) is 4.20. The molecule has 2 aromatic carbocycles. The topological polar surface area (TPSA) is 0 Å². The van der Waals surface area contributed by atoms with Gasteiger partial charge in [0.1, 0.15) is 0 Å². The van der Waals surface area contributed by atoms with Crippen LogP contribution in [0.4, 0.5) is 0 Å². The summed E-state index contributed by atoms with van der Waals surface area (Å²) < 4.78 is 2.64. The lowest BCUT2D eigenvalue weighted by molar-refractivity contribution is 0.0949. The third-order valence-electron chi connectivity index (χ3n) is 5.31. The van der Waals surface area contributed by atoms with E-state index < -0.39 is 0 Å². The van der Waals surface area contributed by atoms with Crippen molar-refractivity contribution in [2.45, 2.75) is 47.0 Å². The van der Waals surface area contributed by atoms with Crippen molar-refractivity contribution in [3.8, 4) is 11.1 Å². The summed E-state index contributed by atoms with van der Waals surface area (Å²) in [5.74, 6) is 0. The van der Waals surface area contributed by atoms with Crippen LogP contribution in [0.15, 0.2) is 36.4 Å². The number of fused-ring (bicyclic) bond motifs is 3. The minimum absolute atomic E-state index is 0.00697. The highest BCUT2D eigenvalue weighted by Crippen LogP contribution is 2.64.